The van der Waals surface area contributed by atoms with Crippen molar-refractivity contribution in [2.24, 2.45) is 5.41 Å². The van der Waals surface area contributed by atoms with E-state index in [0.717, 1.165) is 4.88 Å². The lowest BCUT2D eigenvalue weighted by molar-refractivity contribution is 0.0944. The van der Waals surface area contributed by atoms with E-state index in [0.29, 0.717) is 6.42 Å². The van der Waals surface area contributed by atoms with Gasteiger partial charge in [-0.05, 0) is 29.3 Å². The lowest BCUT2D eigenvalue weighted by Gasteiger charge is -2.15. The fraction of sp³-hybridized carbons (Fsp3) is 0.545. The molecular weight excluding hydrogens is 180 g/mol. The minimum Gasteiger partial charge on any atom is -0.293 e. The zero-order valence-corrected chi connectivity index (χ0v) is 9.49. The zero-order valence-electron chi connectivity index (χ0n) is 8.68. The monoisotopic (exact) mass is 196 g/mol. The molecule has 1 nitrogen and oxygen atoms in total. The lowest BCUT2D eigenvalue weighted by atomic mass is 9.89. The Labute approximate surface area is 83.8 Å². The van der Waals surface area contributed by atoms with E-state index in [1.54, 1.807) is 11.3 Å². The molecule has 0 aliphatic carbocycles. The summed E-state index contributed by atoms with van der Waals surface area (Å²) in [7, 11) is 0. The molecule has 0 aromatic carbocycles. The van der Waals surface area contributed by atoms with E-state index in [4.69, 9.17) is 0 Å². The molecular formula is C11H16OS. The van der Waals surface area contributed by atoms with Crippen molar-refractivity contribution in [1.82, 2.24) is 0 Å². The zero-order chi connectivity index (χ0) is 10.1. The van der Waals surface area contributed by atoms with Crippen LogP contribution in [0.25, 0.3) is 0 Å². The molecule has 0 bridgehead atoms. The second kappa shape index (κ2) is 3.62. The summed E-state index contributed by atoms with van der Waals surface area (Å²) in [6, 6.07) is 1.97. The standard InChI is InChI=1S/C11H16OS/c1-8-5-10(13-7-8)9(12)6-11(2,3)4/h5,7H,6H2,1-4H3. The molecule has 1 rings (SSSR count). The van der Waals surface area contributed by atoms with Gasteiger partial charge in [0.15, 0.2) is 5.78 Å². The molecule has 0 N–H and O–H groups in total. The van der Waals surface area contributed by atoms with Crippen molar-refractivity contribution in [3.8, 4) is 0 Å². The first-order chi connectivity index (χ1) is 5.88. The highest BCUT2D eigenvalue weighted by atomic mass is 32.1. The summed E-state index contributed by atoms with van der Waals surface area (Å²) in [6.45, 7) is 8.28. The van der Waals surface area contributed by atoms with Crippen molar-refractivity contribution < 1.29 is 4.79 Å². The second-order valence-electron chi connectivity index (χ2n) is 4.65. The molecule has 0 saturated heterocycles. The van der Waals surface area contributed by atoms with E-state index in [-0.39, 0.29) is 11.2 Å². The summed E-state index contributed by atoms with van der Waals surface area (Å²) in [4.78, 5) is 12.6. The Balaban J connectivity index is 2.70. The number of hydrogen-bond acceptors (Lipinski definition) is 2. The van der Waals surface area contributed by atoms with Crippen LogP contribution < -0.4 is 0 Å². The summed E-state index contributed by atoms with van der Waals surface area (Å²) in [5.74, 6) is 0.269. The minimum atomic E-state index is 0.0922. The van der Waals surface area contributed by atoms with Crippen LogP contribution in [0.1, 0.15) is 42.4 Å². The minimum absolute atomic E-state index is 0.0922. The summed E-state index contributed by atoms with van der Waals surface area (Å²) >= 11 is 1.55. The SMILES string of the molecule is Cc1csc(C(=O)CC(C)(C)C)c1. The Morgan fingerprint density at radius 1 is 1.46 bits per heavy atom. The van der Waals surface area contributed by atoms with Gasteiger partial charge < -0.3 is 0 Å². The number of carbonyl (C=O) groups is 1. The number of thiophene rings is 1. The van der Waals surface area contributed by atoms with Crippen LogP contribution in [0.3, 0.4) is 0 Å². The first-order valence-corrected chi connectivity index (χ1v) is 5.35. The molecule has 0 saturated carbocycles. The molecule has 0 amide bonds. The average Bonchev–Trinajstić information content (AvgIpc) is 2.31. The first kappa shape index (κ1) is 10.5. The fourth-order valence-electron chi connectivity index (χ4n) is 1.15. The van der Waals surface area contributed by atoms with Gasteiger partial charge in [0.05, 0.1) is 4.88 Å². The Bertz CT molecular complexity index is 304. The van der Waals surface area contributed by atoms with Gasteiger partial charge in [0.1, 0.15) is 0 Å². The van der Waals surface area contributed by atoms with Gasteiger partial charge in [-0.25, -0.2) is 0 Å². The number of carbonyl (C=O) groups excluding carboxylic acids is 1. The summed E-state index contributed by atoms with van der Waals surface area (Å²) < 4.78 is 0. The van der Waals surface area contributed by atoms with Crippen LogP contribution >= 0.6 is 11.3 Å². The number of Topliss-reactive ketones (excluding diaryl/α,β-unsaturated/α-hetero) is 1. The molecule has 0 aliphatic heterocycles. The van der Waals surface area contributed by atoms with Gasteiger partial charge in [0, 0.05) is 6.42 Å². The highest BCUT2D eigenvalue weighted by Gasteiger charge is 2.17. The van der Waals surface area contributed by atoms with Crippen molar-refractivity contribution in [2.75, 3.05) is 0 Å². The molecule has 1 heterocycles. The van der Waals surface area contributed by atoms with Crippen LogP contribution in [0, 0.1) is 12.3 Å². The third-order valence-corrected chi connectivity index (χ3v) is 2.79. The molecule has 0 unspecified atom stereocenters. The van der Waals surface area contributed by atoms with Crippen LogP contribution in [-0.4, -0.2) is 5.78 Å². The molecule has 1 aromatic rings. The summed E-state index contributed by atoms with van der Waals surface area (Å²) in [5.41, 5.74) is 1.27. The smallest absolute Gasteiger partial charge is 0.173 e. The largest absolute Gasteiger partial charge is 0.293 e. The third-order valence-electron chi connectivity index (χ3n) is 1.70. The van der Waals surface area contributed by atoms with Crippen LogP contribution in [0.4, 0.5) is 0 Å². The highest BCUT2D eigenvalue weighted by molar-refractivity contribution is 7.12. The van der Waals surface area contributed by atoms with E-state index in [1.165, 1.54) is 5.56 Å². The molecule has 13 heavy (non-hydrogen) atoms. The molecule has 0 radical (unpaired) electrons. The maximum atomic E-state index is 11.7. The van der Waals surface area contributed by atoms with Crippen LogP contribution in [0.2, 0.25) is 0 Å². The topological polar surface area (TPSA) is 17.1 Å². The van der Waals surface area contributed by atoms with Gasteiger partial charge in [-0.15, -0.1) is 11.3 Å². The van der Waals surface area contributed by atoms with Crippen LogP contribution in [-0.2, 0) is 0 Å². The molecule has 0 aliphatic rings. The number of ketones is 1. The first-order valence-electron chi connectivity index (χ1n) is 4.47. The predicted molar refractivity (Wildman–Crippen MR) is 57.5 cm³/mol. The van der Waals surface area contributed by atoms with Crippen LogP contribution in [0.5, 0.6) is 0 Å². The molecule has 1 aromatic heterocycles. The van der Waals surface area contributed by atoms with Crippen molar-refractivity contribution in [1.29, 1.82) is 0 Å². The van der Waals surface area contributed by atoms with E-state index < -0.39 is 0 Å². The summed E-state index contributed by atoms with van der Waals surface area (Å²) in [6.07, 6.45) is 0.632. The Hall–Kier alpha value is -0.630. The number of aryl methyl sites for hydroxylation is 1. The highest BCUT2D eigenvalue weighted by Crippen LogP contribution is 2.24. The second-order valence-corrected chi connectivity index (χ2v) is 5.56. The van der Waals surface area contributed by atoms with Gasteiger partial charge in [0.25, 0.3) is 0 Å². The normalized spacial score (nSPS) is 11.7. The predicted octanol–water partition coefficient (Wildman–Crippen LogP) is 3.68. The van der Waals surface area contributed by atoms with E-state index >= 15 is 0 Å². The fourth-order valence-corrected chi connectivity index (χ4v) is 1.98. The van der Waals surface area contributed by atoms with Crippen molar-refractivity contribution in [3.05, 3.63) is 21.9 Å². The van der Waals surface area contributed by atoms with E-state index in [1.807, 2.05) is 18.4 Å². The Morgan fingerprint density at radius 2 is 2.08 bits per heavy atom. The summed E-state index contributed by atoms with van der Waals surface area (Å²) in [5, 5.41) is 2.02. The van der Waals surface area contributed by atoms with E-state index in [2.05, 4.69) is 20.8 Å². The molecule has 2 heteroatoms. The maximum absolute atomic E-state index is 11.7. The molecule has 0 spiro atoms. The lowest BCUT2D eigenvalue weighted by Crippen LogP contribution is -2.11. The van der Waals surface area contributed by atoms with Gasteiger partial charge in [-0.3, -0.25) is 4.79 Å². The van der Waals surface area contributed by atoms with Gasteiger partial charge in [0.2, 0.25) is 0 Å². The van der Waals surface area contributed by atoms with Crippen molar-refractivity contribution in [3.63, 3.8) is 0 Å². The van der Waals surface area contributed by atoms with Gasteiger partial charge in [-0.1, -0.05) is 20.8 Å². The van der Waals surface area contributed by atoms with Crippen LogP contribution in [0.15, 0.2) is 11.4 Å². The Morgan fingerprint density at radius 3 is 2.46 bits per heavy atom. The van der Waals surface area contributed by atoms with E-state index in [9.17, 15) is 4.79 Å². The van der Waals surface area contributed by atoms with Gasteiger partial charge in [-0.2, -0.15) is 0 Å². The number of hydrogen-bond donors (Lipinski definition) is 0. The number of rotatable bonds is 2. The maximum Gasteiger partial charge on any atom is 0.173 e. The van der Waals surface area contributed by atoms with Gasteiger partial charge >= 0.3 is 0 Å². The van der Waals surface area contributed by atoms with Crippen molar-refractivity contribution >= 4 is 17.1 Å². The van der Waals surface area contributed by atoms with Crippen molar-refractivity contribution in [2.45, 2.75) is 34.1 Å². The third kappa shape index (κ3) is 3.31. The quantitative estimate of drug-likeness (QED) is 0.659. The molecule has 72 valence electrons. The molecule has 0 fully saturated rings. The Kier molecular flexibility index (Phi) is 2.91. The average molecular weight is 196 g/mol. The molecule has 0 atom stereocenters.